The number of hydrogen-bond donors (Lipinski definition) is 1. The summed E-state index contributed by atoms with van der Waals surface area (Å²) >= 11 is 0. The van der Waals surface area contributed by atoms with Crippen LogP contribution in [0.5, 0.6) is 0 Å². The van der Waals surface area contributed by atoms with Gasteiger partial charge in [-0.3, -0.25) is 14.8 Å². The van der Waals surface area contributed by atoms with E-state index in [0.717, 1.165) is 22.4 Å². The number of nitrogens with zero attached hydrogens (tertiary/aromatic N) is 2. The first kappa shape index (κ1) is 24.8. The Bertz CT molecular complexity index is 1260. The zero-order valence-corrected chi connectivity index (χ0v) is 20.3. The van der Waals surface area contributed by atoms with Gasteiger partial charge in [0.2, 0.25) is 5.91 Å². The highest BCUT2D eigenvalue weighted by Gasteiger charge is 2.10. The van der Waals surface area contributed by atoms with Gasteiger partial charge in [0.25, 0.3) is 0 Å². The molecule has 3 rings (SSSR count). The summed E-state index contributed by atoms with van der Waals surface area (Å²) in [4.78, 5) is 21.6. The number of allylic oxidation sites excluding steroid dienone is 6. The summed E-state index contributed by atoms with van der Waals surface area (Å²) in [7, 11) is 0. The highest BCUT2D eigenvalue weighted by molar-refractivity contribution is 5.92. The fraction of sp³-hybridized carbons (Fsp3) is 0.207. The predicted octanol–water partition coefficient (Wildman–Crippen LogP) is 7.09. The van der Waals surface area contributed by atoms with Crippen LogP contribution in [0.25, 0.3) is 16.8 Å². The Hall–Kier alpha value is -3.86. The van der Waals surface area contributed by atoms with Crippen molar-refractivity contribution < 1.29 is 9.18 Å². The molecule has 0 aliphatic heterocycles. The lowest BCUT2D eigenvalue weighted by atomic mass is 10.0. The molecule has 0 saturated carbocycles. The summed E-state index contributed by atoms with van der Waals surface area (Å²) in [5, 5.41) is 2.86. The van der Waals surface area contributed by atoms with E-state index in [2.05, 4.69) is 61.2 Å². The molecule has 174 valence electrons. The molecule has 1 amide bonds. The Morgan fingerprint density at radius 1 is 0.971 bits per heavy atom. The van der Waals surface area contributed by atoms with Gasteiger partial charge in [0, 0.05) is 17.3 Å². The third-order valence-electron chi connectivity index (χ3n) is 4.98. The molecule has 2 aromatic heterocycles. The second-order valence-corrected chi connectivity index (χ2v) is 8.76. The monoisotopic (exact) mass is 455 g/mol. The van der Waals surface area contributed by atoms with Crippen LogP contribution in [0.15, 0.2) is 84.2 Å². The van der Waals surface area contributed by atoms with E-state index in [1.807, 2.05) is 13.0 Å². The molecule has 0 unspecified atom stereocenters. The van der Waals surface area contributed by atoms with Crippen LogP contribution in [0, 0.1) is 12.7 Å². The van der Waals surface area contributed by atoms with Crippen LogP contribution in [-0.4, -0.2) is 15.9 Å². The van der Waals surface area contributed by atoms with Gasteiger partial charge in [-0.15, -0.1) is 0 Å². The van der Waals surface area contributed by atoms with Gasteiger partial charge in [0.1, 0.15) is 5.82 Å². The maximum atomic E-state index is 13.4. The van der Waals surface area contributed by atoms with Crippen molar-refractivity contribution in [2.24, 2.45) is 0 Å². The summed E-state index contributed by atoms with van der Waals surface area (Å²) in [6.45, 7) is 10.2. The SMILES string of the molecule is CC(C)=C/C=C(\C=C(C)C)c1ncc(CC(=O)Nc2ccc(-c3cccc(F)c3)nc2)cc1C. The van der Waals surface area contributed by atoms with E-state index in [4.69, 9.17) is 0 Å². The van der Waals surface area contributed by atoms with Gasteiger partial charge in [-0.1, -0.05) is 47.6 Å². The lowest BCUT2D eigenvalue weighted by Gasteiger charge is -2.10. The molecule has 2 heterocycles. The topological polar surface area (TPSA) is 54.9 Å². The number of rotatable bonds is 7. The van der Waals surface area contributed by atoms with Crippen LogP contribution in [-0.2, 0) is 11.2 Å². The van der Waals surface area contributed by atoms with Crippen LogP contribution in [0.1, 0.15) is 44.5 Å². The van der Waals surface area contributed by atoms with Crippen molar-refractivity contribution in [3.05, 3.63) is 107 Å². The molecule has 3 aromatic rings. The number of aromatic nitrogens is 2. The van der Waals surface area contributed by atoms with E-state index in [9.17, 15) is 9.18 Å². The molecule has 0 aliphatic carbocycles. The number of carbonyl (C=O) groups excluding carboxylic acids is 1. The zero-order valence-electron chi connectivity index (χ0n) is 20.3. The number of carbonyl (C=O) groups is 1. The molecule has 0 spiro atoms. The van der Waals surface area contributed by atoms with Gasteiger partial charge in [-0.05, 0) is 70.0 Å². The number of aryl methyl sites for hydroxylation is 1. The molecule has 0 atom stereocenters. The van der Waals surface area contributed by atoms with Crippen LogP contribution >= 0.6 is 0 Å². The van der Waals surface area contributed by atoms with E-state index in [1.54, 1.807) is 36.7 Å². The Labute approximate surface area is 201 Å². The number of pyridine rings is 2. The minimum absolute atomic E-state index is 0.154. The lowest BCUT2D eigenvalue weighted by Crippen LogP contribution is -2.15. The van der Waals surface area contributed by atoms with Gasteiger partial charge >= 0.3 is 0 Å². The minimum Gasteiger partial charge on any atom is -0.324 e. The zero-order chi connectivity index (χ0) is 24.7. The molecule has 0 aliphatic rings. The quantitative estimate of drug-likeness (QED) is 0.387. The Kier molecular flexibility index (Phi) is 8.25. The van der Waals surface area contributed by atoms with Gasteiger partial charge in [0.15, 0.2) is 0 Å². The van der Waals surface area contributed by atoms with Crippen molar-refractivity contribution in [3.63, 3.8) is 0 Å². The van der Waals surface area contributed by atoms with Crippen molar-refractivity contribution in [1.82, 2.24) is 9.97 Å². The first-order chi connectivity index (χ1) is 16.2. The Morgan fingerprint density at radius 2 is 1.76 bits per heavy atom. The van der Waals surface area contributed by atoms with E-state index >= 15 is 0 Å². The highest BCUT2D eigenvalue weighted by atomic mass is 19.1. The average molecular weight is 456 g/mol. The van der Waals surface area contributed by atoms with E-state index < -0.39 is 0 Å². The van der Waals surface area contributed by atoms with Crippen LogP contribution in [0.2, 0.25) is 0 Å². The molecule has 5 heteroatoms. The highest BCUT2D eigenvalue weighted by Crippen LogP contribution is 2.22. The van der Waals surface area contributed by atoms with Gasteiger partial charge in [-0.2, -0.15) is 0 Å². The molecule has 1 aromatic carbocycles. The Balaban J connectivity index is 1.70. The number of nitrogens with one attached hydrogen (secondary N) is 1. The molecular weight excluding hydrogens is 425 g/mol. The first-order valence-corrected chi connectivity index (χ1v) is 11.2. The summed E-state index contributed by atoms with van der Waals surface area (Å²) in [5.74, 6) is -0.467. The molecule has 34 heavy (non-hydrogen) atoms. The third kappa shape index (κ3) is 7.07. The maximum Gasteiger partial charge on any atom is 0.228 e. The van der Waals surface area contributed by atoms with Crippen molar-refractivity contribution in [2.45, 2.75) is 41.0 Å². The van der Waals surface area contributed by atoms with E-state index in [-0.39, 0.29) is 18.1 Å². The summed E-state index contributed by atoms with van der Waals surface area (Å²) in [6.07, 6.45) is 9.79. The lowest BCUT2D eigenvalue weighted by molar-refractivity contribution is -0.115. The van der Waals surface area contributed by atoms with Crippen molar-refractivity contribution in [1.29, 1.82) is 0 Å². The number of amides is 1. The number of anilines is 1. The minimum atomic E-state index is -0.313. The number of benzene rings is 1. The van der Waals surface area contributed by atoms with Crippen LogP contribution in [0.4, 0.5) is 10.1 Å². The smallest absolute Gasteiger partial charge is 0.228 e. The van der Waals surface area contributed by atoms with Gasteiger partial charge < -0.3 is 5.32 Å². The van der Waals surface area contributed by atoms with E-state index in [1.165, 1.54) is 23.3 Å². The predicted molar refractivity (Wildman–Crippen MR) is 138 cm³/mol. The fourth-order valence-electron chi connectivity index (χ4n) is 3.47. The van der Waals surface area contributed by atoms with Crippen LogP contribution < -0.4 is 5.32 Å². The van der Waals surface area contributed by atoms with Crippen LogP contribution in [0.3, 0.4) is 0 Å². The molecular formula is C29H30FN3O. The molecule has 4 nitrogen and oxygen atoms in total. The van der Waals surface area contributed by atoms with Gasteiger partial charge in [-0.25, -0.2) is 4.39 Å². The normalized spacial score (nSPS) is 11.1. The first-order valence-electron chi connectivity index (χ1n) is 11.2. The summed E-state index contributed by atoms with van der Waals surface area (Å²) in [5.41, 5.74) is 8.10. The molecule has 0 fully saturated rings. The summed E-state index contributed by atoms with van der Waals surface area (Å²) in [6, 6.07) is 11.8. The fourth-order valence-corrected chi connectivity index (χ4v) is 3.47. The largest absolute Gasteiger partial charge is 0.324 e. The number of hydrogen-bond acceptors (Lipinski definition) is 3. The van der Waals surface area contributed by atoms with Gasteiger partial charge in [0.05, 0.1) is 29.7 Å². The Morgan fingerprint density at radius 3 is 2.38 bits per heavy atom. The van der Waals surface area contributed by atoms with Crippen molar-refractivity contribution in [3.8, 4) is 11.3 Å². The van der Waals surface area contributed by atoms with Crippen molar-refractivity contribution in [2.75, 3.05) is 5.32 Å². The summed E-state index contributed by atoms with van der Waals surface area (Å²) < 4.78 is 13.4. The second-order valence-electron chi connectivity index (χ2n) is 8.76. The molecule has 0 saturated heterocycles. The second kappa shape index (κ2) is 11.3. The standard InChI is InChI=1S/C29H30FN3O/c1-19(2)9-10-24(13-20(3)4)29-21(5)14-22(17-32-29)15-28(34)33-26-11-12-27(31-18-26)23-7-6-8-25(30)16-23/h6-14,16-18H,15H2,1-5H3,(H,33,34)/b24-10+. The number of halogens is 1. The third-order valence-corrected chi connectivity index (χ3v) is 4.98. The molecule has 1 N–H and O–H groups in total. The van der Waals surface area contributed by atoms with E-state index in [0.29, 0.717) is 16.9 Å². The molecule has 0 bridgehead atoms. The van der Waals surface area contributed by atoms with Crippen molar-refractivity contribution >= 4 is 17.2 Å². The maximum absolute atomic E-state index is 13.4. The molecule has 0 radical (unpaired) electrons. The average Bonchev–Trinajstić information content (AvgIpc) is 2.77.